The predicted octanol–water partition coefficient (Wildman–Crippen LogP) is 3.00. The molecular weight excluding hydrogens is 351 g/mol. The largest absolute Gasteiger partial charge is 0.469 e. The molecule has 0 aliphatic carbocycles. The molecule has 0 aliphatic heterocycles. The van der Waals surface area contributed by atoms with Crippen LogP contribution in [0.25, 0.3) is 0 Å². The van der Waals surface area contributed by atoms with Crippen LogP contribution in [0.3, 0.4) is 0 Å². The van der Waals surface area contributed by atoms with Gasteiger partial charge >= 0.3 is 6.18 Å². The lowest BCUT2D eigenvalue weighted by molar-refractivity contribution is -0.137. The SMILES string of the molecule is O=C(Cc1coc(Cc2ccc(C(F)(F)F)cc2)c1)C(=O)c1nc[nH]n1. The lowest BCUT2D eigenvalue weighted by atomic mass is 10.1. The normalized spacial score (nSPS) is 11.5. The van der Waals surface area contributed by atoms with Crippen molar-refractivity contribution in [1.29, 1.82) is 0 Å². The second kappa shape index (κ2) is 6.95. The molecule has 0 fully saturated rings. The number of nitrogens with zero attached hydrogens (tertiary/aromatic N) is 2. The topological polar surface area (TPSA) is 88.9 Å². The van der Waals surface area contributed by atoms with Crippen molar-refractivity contribution in [1.82, 2.24) is 15.2 Å². The third-order valence-corrected chi connectivity index (χ3v) is 3.60. The number of aromatic nitrogens is 3. The molecule has 0 atom stereocenters. The first kappa shape index (κ1) is 17.6. The van der Waals surface area contributed by atoms with E-state index in [1.54, 1.807) is 6.07 Å². The number of alkyl halides is 3. The molecule has 0 saturated carbocycles. The molecule has 1 N–H and O–H groups in total. The summed E-state index contributed by atoms with van der Waals surface area (Å²) in [5.74, 6) is -1.23. The van der Waals surface area contributed by atoms with E-state index < -0.39 is 23.3 Å². The fourth-order valence-electron chi connectivity index (χ4n) is 2.33. The molecule has 1 aromatic carbocycles. The number of benzene rings is 1. The van der Waals surface area contributed by atoms with E-state index in [9.17, 15) is 22.8 Å². The van der Waals surface area contributed by atoms with E-state index in [0.717, 1.165) is 12.1 Å². The molecule has 2 aromatic heterocycles. The Morgan fingerprint density at radius 1 is 1.12 bits per heavy atom. The van der Waals surface area contributed by atoms with E-state index in [-0.39, 0.29) is 18.7 Å². The Morgan fingerprint density at radius 3 is 2.46 bits per heavy atom. The highest BCUT2D eigenvalue weighted by atomic mass is 19.4. The number of nitrogens with one attached hydrogen (secondary N) is 1. The van der Waals surface area contributed by atoms with E-state index in [0.29, 0.717) is 16.9 Å². The van der Waals surface area contributed by atoms with E-state index >= 15 is 0 Å². The second-order valence-electron chi connectivity index (χ2n) is 5.54. The summed E-state index contributed by atoms with van der Waals surface area (Å²) >= 11 is 0. The molecule has 2 heterocycles. The lowest BCUT2D eigenvalue weighted by Crippen LogP contribution is -2.17. The molecule has 0 saturated heterocycles. The van der Waals surface area contributed by atoms with Crippen LogP contribution in [0, 0.1) is 0 Å². The summed E-state index contributed by atoms with van der Waals surface area (Å²) in [6.07, 6.45) is -1.76. The highest BCUT2D eigenvalue weighted by Gasteiger charge is 2.30. The molecule has 3 aromatic rings. The Balaban J connectivity index is 1.63. The van der Waals surface area contributed by atoms with Crippen LogP contribution >= 0.6 is 0 Å². The van der Waals surface area contributed by atoms with Gasteiger partial charge in [-0.05, 0) is 29.3 Å². The number of rotatable bonds is 6. The maximum atomic E-state index is 12.5. The Bertz CT molecular complexity index is 913. The molecule has 0 aliphatic rings. The van der Waals surface area contributed by atoms with Crippen molar-refractivity contribution in [3.63, 3.8) is 0 Å². The fraction of sp³-hybridized carbons (Fsp3) is 0.176. The third kappa shape index (κ3) is 4.05. The van der Waals surface area contributed by atoms with Crippen LogP contribution < -0.4 is 0 Å². The van der Waals surface area contributed by atoms with Gasteiger partial charge in [0.25, 0.3) is 5.78 Å². The molecule has 0 amide bonds. The van der Waals surface area contributed by atoms with Gasteiger partial charge in [0.15, 0.2) is 0 Å². The first-order chi connectivity index (χ1) is 12.3. The number of ketones is 2. The highest BCUT2D eigenvalue weighted by molar-refractivity contribution is 6.43. The fourth-order valence-corrected chi connectivity index (χ4v) is 2.33. The molecular formula is C17H12F3N3O3. The summed E-state index contributed by atoms with van der Waals surface area (Å²) < 4.78 is 43.0. The third-order valence-electron chi connectivity index (χ3n) is 3.60. The van der Waals surface area contributed by atoms with Gasteiger partial charge in [-0.15, -0.1) is 5.10 Å². The van der Waals surface area contributed by atoms with Gasteiger partial charge in [0.1, 0.15) is 12.1 Å². The van der Waals surface area contributed by atoms with Gasteiger partial charge in [-0.25, -0.2) is 4.98 Å². The summed E-state index contributed by atoms with van der Waals surface area (Å²) in [4.78, 5) is 27.3. The number of furan rings is 1. The molecule has 3 rings (SSSR count). The van der Waals surface area contributed by atoms with Crippen LogP contribution in [0.1, 0.15) is 33.1 Å². The molecule has 134 valence electrons. The minimum Gasteiger partial charge on any atom is -0.469 e. The number of hydrogen-bond donors (Lipinski definition) is 1. The van der Waals surface area contributed by atoms with Crippen LogP contribution in [0.4, 0.5) is 13.2 Å². The summed E-state index contributed by atoms with van der Waals surface area (Å²) in [6.45, 7) is 0. The number of H-pyrrole nitrogens is 1. The number of carbonyl (C=O) groups is 2. The van der Waals surface area contributed by atoms with Gasteiger partial charge < -0.3 is 4.42 Å². The van der Waals surface area contributed by atoms with E-state index in [4.69, 9.17) is 4.42 Å². The molecule has 0 bridgehead atoms. The first-order valence-corrected chi connectivity index (χ1v) is 7.48. The first-order valence-electron chi connectivity index (χ1n) is 7.48. The van der Waals surface area contributed by atoms with Crippen molar-refractivity contribution >= 4 is 11.6 Å². The van der Waals surface area contributed by atoms with Crippen LogP contribution in [-0.4, -0.2) is 26.7 Å². The zero-order valence-electron chi connectivity index (χ0n) is 13.2. The molecule has 6 nitrogen and oxygen atoms in total. The maximum absolute atomic E-state index is 12.5. The van der Waals surface area contributed by atoms with Crippen LogP contribution in [0.5, 0.6) is 0 Å². The standard InChI is InChI=1S/C17H12F3N3O3/c18-17(19,20)12-3-1-10(2-4-12)5-13-6-11(8-26-13)7-14(24)15(25)16-21-9-22-23-16/h1-4,6,8-9H,5,7H2,(H,21,22,23). The molecule has 9 heteroatoms. The van der Waals surface area contributed by atoms with Crippen molar-refractivity contribution in [2.45, 2.75) is 19.0 Å². The number of aromatic amines is 1. The number of carbonyl (C=O) groups excluding carboxylic acids is 2. The van der Waals surface area contributed by atoms with Crippen molar-refractivity contribution in [2.75, 3.05) is 0 Å². The number of Topliss-reactive ketones (excluding diaryl/α,β-unsaturated/α-hetero) is 2. The van der Waals surface area contributed by atoms with Crippen molar-refractivity contribution in [3.8, 4) is 0 Å². The van der Waals surface area contributed by atoms with Gasteiger partial charge in [-0.3, -0.25) is 14.7 Å². The number of halogens is 3. The zero-order valence-corrected chi connectivity index (χ0v) is 13.2. The van der Waals surface area contributed by atoms with Crippen molar-refractivity contribution in [3.05, 3.63) is 71.2 Å². The van der Waals surface area contributed by atoms with E-state index in [1.807, 2.05) is 0 Å². The summed E-state index contributed by atoms with van der Waals surface area (Å²) in [5, 5.41) is 5.91. The van der Waals surface area contributed by atoms with Gasteiger partial charge in [0, 0.05) is 12.8 Å². The minimum atomic E-state index is -4.38. The molecule has 26 heavy (non-hydrogen) atoms. The Kier molecular flexibility index (Phi) is 4.70. The quantitative estimate of drug-likeness (QED) is 0.537. The Hall–Kier alpha value is -3.23. The smallest absolute Gasteiger partial charge is 0.416 e. The highest BCUT2D eigenvalue weighted by Crippen LogP contribution is 2.29. The average Bonchev–Trinajstić information content (AvgIpc) is 3.26. The van der Waals surface area contributed by atoms with Crippen LogP contribution in [0.2, 0.25) is 0 Å². The predicted molar refractivity (Wildman–Crippen MR) is 82.4 cm³/mol. The van der Waals surface area contributed by atoms with Gasteiger partial charge in [-0.2, -0.15) is 13.2 Å². The zero-order chi connectivity index (χ0) is 18.7. The van der Waals surface area contributed by atoms with E-state index in [2.05, 4.69) is 15.2 Å². The average molecular weight is 363 g/mol. The number of hydrogen-bond acceptors (Lipinski definition) is 5. The maximum Gasteiger partial charge on any atom is 0.416 e. The molecule has 0 unspecified atom stereocenters. The lowest BCUT2D eigenvalue weighted by Gasteiger charge is -2.06. The van der Waals surface area contributed by atoms with Gasteiger partial charge in [-0.1, -0.05) is 12.1 Å². The van der Waals surface area contributed by atoms with E-state index in [1.165, 1.54) is 24.7 Å². The summed E-state index contributed by atoms with van der Waals surface area (Å²) in [7, 11) is 0. The summed E-state index contributed by atoms with van der Waals surface area (Å²) in [5.41, 5.74) is 0.389. The molecule has 0 spiro atoms. The van der Waals surface area contributed by atoms with Crippen LogP contribution in [-0.2, 0) is 23.8 Å². The van der Waals surface area contributed by atoms with Crippen molar-refractivity contribution < 1.29 is 27.2 Å². The molecule has 0 radical (unpaired) electrons. The van der Waals surface area contributed by atoms with Crippen molar-refractivity contribution in [2.24, 2.45) is 0 Å². The Labute approximate surface area is 145 Å². The Morgan fingerprint density at radius 2 is 1.85 bits per heavy atom. The summed E-state index contributed by atoms with van der Waals surface area (Å²) in [6, 6.07) is 6.31. The van der Waals surface area contributed by atoms with Gasteiger partial charge in [0.2, 0.25) is 11.6 Å². The minimum absolute atomic E-state index is 0.177. The second-order valence-corrected chi connectivity index (χ2v) is 5.54. The van der Waals surface area contributed by atoms with Crippen LogP contribution in [0.15, 0.2) is 47.3 Å². The monoisotopic (exact) mass is 363 g/mol. The van der Waals surface area contributed by atoms with Gasteiger partial charge in [0.05, 0.1) is 11.8 Å².